The fourth-order valence-corrected chi connectivity index (χ4v) is 1.50. The number of hydrogen-bond acceptors (Lipinski definition) is 5. The minimum Gasteiger partial charge on any atom is -0.464 e. The highest BCUT2D eigenvalue weighted by Crippen LogP contribution is 2.15. The number of hydrogen-bond donors (Lipinski definition) is 1. The van der Waals surface area contributed by atoms with Gasteiger partial charge in [-0.25, -0.2) is 9.59 Å². The van der Waals surface area contributed by atoms with Gasteiger partial charge in [0, 0.05) is 10.7 Å². The Hall–Kier alpha value is -1.75. The average Bonchev–Trinajstić information content (AvgIpc) is 2.38. The summed E-state index contributed by atoms with van der Waals surface area (Å²) in [5.74, 6) is -1.34. The molecule has 0 radical (unpaired) electrons. The van der Waals surface area contributed by atoms with Gasteiger partial charge in [0.2, 0.25) is 6.04 Å². The fourth-order valence-electron chi connectivity index (χ4n) is 1.38. The highest BCUT2D eigenvalue weighted by Gasteiger charge is 2.29. The van der Waals surface area contributed by atoms with E-state index < -0.39 is 18.0 Å². The second-order valence-corrected chi connectivity index (χ2v) is 4.02. The van der Waals surface area contributed by atoms with Gasteiger partial charge in [-0.2, -0.15) is 0 Å². The van der Waals surface area contributed by atoms with Crippen molar-refractivity contribution < 1.29 is 19.1 Å². The number of nitrogens with one attached hydrogen (secondary N) is 1. The Labute approximate surface area is 116 Å². The third-order valence-electron chi connectivity index (χ3n) is 2.20. The lowest BCUT2D eigenvalue weighted by molar-refractivity contribution is -0.155. The van der Waals surface area contributed by atoms with E-state index in [1.165, 1.54) is 0 Å². The molecule has 1 aromatic rings. The molecular weight excluding hydrogens is 270 g/mol. The predicted molar refractivity (Wildman–Crippen MR) is 72.1 cm³/mol. The van der Waals surface area contributed by atoms with Gasteiger partial charge in [-0.05, 0) is 38.1 Å². The van der Waals surface area contributed by atoms with Crippen LogP contribution in [0.3, 0.4) is 0 Å². The summed E-state index contributed by atoms with van der Waals surface area (Å²) >= 11 is 5.76. The molecule has 0 atom stereocenters. The Morgan fingerprint density at radius 3 is 2.00 bits per heavy atom. The summed E-state index contributed by atoms with van der Waals surface area (Å²) in [6.07, 6.45) is 0. The number of halogens is 1. The largest absolute Gasteiger partial charge is 0.464 e. The Kier molecular flexibility index (Phi) is 6.15. The minimum atomic E-state index is -1.18. The molecule has 0 heterocycles. The highest BCUT2D eigenvalue weighted by molar-refractivity contribution is 6.30. The second-order valence-electron chi connectivity index (χ2n) is 3.59. The minimum absolute atomic E-state index is 0.192. The smallest absolute Gasteiger partial charge is 0.340 e. The number of carbonyl (C=O) groups excluding carboxylic acids is 2. The van der Waals surface area contributed by atoms with Gasteiger partial charge >= 0.3 is 11.9 Å². The van der Waals surface area contributed by atoms with Crippen LogP contribution in [0.1, 0.15) is 13.8 Å². The van der Waals surface area contributed by atoms with E-state index in [1.54, 1.807) is 38.1 Å². The Morgan fingerprint density at radius 2 is 1.58 bits per heavy atom. The maximum Gasteiger partial charge on any atom is 0.340 e. The third-order valence-corrected chi connectivity index (χ3v) is 2.45. The molecule has 0 saturated heterocycles. The number of esters is 2. The standard InChI is InChI=1S/C13H16ClNO4/c1-3-18-12(16)11(13(17)19-4-2)15-10-7-5-9(14)6-8-10/h5-8,11,15H,3-4H2,1-2H3. The molecule has 1 N–H and O–H groups in total. The van der Waals surface area contributed by atoms with Crippen molar-refractivity contribution in [2.45, 2.75) is 19.9 Å². The van der Waals surface area contributed by atoms with Crippen molar-refractivity contribution in [1.29, 1.82) is 0 Å². The first-order chi connectivity index (χ1) is 9.08. The van der Waals surface area contributed by atoms with Crippen LogP contribution in [0.15, 0.2) is 24.3 Å². The van der Waals surface area contributed by atoms with Crippen LogP contribution < -0.4 is 5.32 Å². The van der Waals surface area contributed by atoms with Crippen LogP contribution in [-0.2, 0) is 19.1 Å². The zero-order chi connectivity index (χ0) is 14.3. The van der Waals surface area contributed by atoms with Gasteiger partial charge in [0.1, 0.15) is 0 Å². The molecular formula is C13H16ClNO4. The number of ether oxygens (including phenoxy) is 2. The van der Waals surface area contributed by atoms with E-state index in [1.807, 2.05) is 0 Å². The predicted octanol–water partition coefficient (Wildman–Crippen LogP) is 2.25. The van der Waals surface area contributed by atoms with Gasteiger partial charge in [-0.1, -0.05) is 11.6 Å². The number of anilines is 1. The maximum absolute atomic E-state index is 11.7. The molecule has 19 heavy (non-hydrogen) atoms. The van der Waals surface area contributed by atoms with Crippen LogP contribution in [0.5, 0.6) is 0 Å². The van der Waals surface area contributed by atoms with E-state index in [-0.39, 0.29) is 13.2 Å². The maximum atomic E-state index is 11.7. The van der Waals surface area contributed by atoms with Crippen molar-refractivity contribution in [2.75, 3.05) is 18.5 Å². The number of benzene rings is 1. The number of carbonyl (C=O) groups is 2. The molecule has 1 rings (SSSR count). The van der Waals surface area contributed by atoms with E-state index in [4.69, 9.17) is 21.1 Å². The van der Waals surface area contributed by atoms with Gasteiger partial charge in [-0.3, -0.25) is 0 Å². The molecule has 0 spiro atoms. The molecule has 1 aromatic carbocycles. The molecule has 6 heteroatoms. The molecule has 0 saturated carbocycles. The summed E-state index contributed by atoms with van der Waals surface area (Å²) < 4.78 is 9.68. The molecule has 104 valence electrons. The zero-order valence-electron chi connectivity index (χ0n) is 10.8. The van der Waals surface area contributed by atoms with Gasteiger partial charge < -0.3 is 14.8 Å². The summed E-state index contributed by atoms with van der Waals surface area (Å²) in [5.41, 5.74) is 0.579. The zero-order valence-corrected chi connectivity index (χ0v) is 11.6. The molecule has 5 nitrogen and oxygen atoms in total. The van der Waals surface area contributed by atoms with Crippen LogP contribution in [-0.4, -0.2) is 31.2 Å². The lowest BCUT2D eigenvalue weighted by Gasteiger charge is -2.16. The van der Waals surface area contributed by atoms with Gasteiger partial charge in [0.15, 0.2) is 0 Å². The van der Waals surface area contributed by atoms with Crippen molar-refractivity contribution >= 4 is 29.2 Å². The summed E-state index contributed by atoms with van der Waals surface area (Å²) in [6.45, 7) is 3.72. The summed E-state index contributed by atoms with van der Waals surface area (Å²) in [4.78, 5) is 23.4. The summed E-state index contributed by atoms with van der Waals surface area (Å²) in [6, 6.07) is 5.44. The summed E-state index contributed by atoms with van der Waals surface area (Å²) in [5, 5.41) is 3.33. The third kappa shape index (κ3) is 4.79. The van der Waals surface area contributed by atoms with Gasteiger partial charge in [-0.15, -0.1) is 0 Å². The molecule has 0 amide bonds. The molecule has 0 aliphatic rings. The quantitative estimate of drug-likeness (QED) is 0.641. The van der Waals surface area contributed by atoms with Crippen molar-refractivity contribution in [3.8, 4) is 0 Å². The van der Waals surface area contributed by atoms with Crippen LogP contribution in [0.25, 0.3) is 0 Å². The summed E-state index contributed by atoms with van der Waals surface area (Å²) in [7, 11) is 0. The molecule has 0 aromatic heterocycles. The van der Waals surface area contributed by atoms with Crippen LogP contribution in [0.4, 0.5) is 5.69 Å². The molecule has 0 fully saturated rings. The Balaban J connectivity index is 2.81. The van der Waals surface area contributed by atoms with Crippen molar-refractivity contribution in [2.24, 2.45) is 0 Å². The van der Waals surface area contributed by atoms with E-state index >= 15 is 0 Å². The lowest BCUT2D eigenvalue weighted by atomic mass is 10.2. The second kappa shape index (κ2) is 7.63. The van der Waals surface area contributed by atoms with Crippen LogP contribution >= 0.6 is 11.6 Å². The van der Waals surface area contributed by atoms with E-state index in [0.29, 0.717) is 10.7 Å². The fraction of sp³-hybridized carbons (Fsp3) is 0.385. The first kappa shape index (κ1) is 15.3. The van der Waals surface area contributed by atoms with E-state index in [2.05, 4.69) is 5.32 Å². The van der Waals surface area contributed by atoms with Crippen LogP contribution in [0, 0.1) is 0 Å². The topological polar surface area (TPSA) is 64.6 Å². The SMILES string of the molecule is CCOC(=O)C(Nc1ccc(Cl)cc1)C(=O)OCC. The van der Waals surface area contributed by atoms with Gasteiger partial charge in [0.05, 0.1) is 13.2 Å². The molecule has 0 unspecified atom stereocenters. The monoisotopic (exact) mass is 285 g/mol. The Bertz CT molecular complexity index is 415. The molecule has 0 aliphatic carbocycles. The van der Waals surface area contributed by atoms with Crippen molar-refractivity contribution in [1.82, 2.24) is 0 Å². The first-order valence-corrected chi connectivity index (χ1v) is 6.31. The van der Waals surface area contributed by atoms with E-state index in [9.17, 15) is 9.59 Å². The molecule has 0 aliphatic heterocycles. The normalized spacial score (nSPS) is 10.1. The van der Waals surface area contributed by atoms with Gasteiger partial charge in [0.25, 0.3) is 0 Å². The highest BCUT2D eigenvalue weighted by atomic mass is 35.5. The van der Waals surface area contributed by atoms with Crippen molar-refractivity contribution in [3.63, 3.8) is 0 Å². The lowest BCUT2D eigenvalue weighted by Crippen LogP contribution is -2.40. The van der Waals surface area contributed by atoms with Crippen molar-refractivity contribution in [3.05, 3.63) is 29.3 Å². The Morgan fingerprint density at radius 1 is 1.11 bits per heavy atom. The first-order valence-electron chi connectivity index (χ1n) is 5.93. The van der Waals surface area contributed by atoms with Crippen LogP contribution in [0.2, 0.25) is 5.02 Å². The molecule has 0 bridgehead atoms. The van der Waals surface area contributed by atoms with E-state index in [0.717, 1.165) is 0 Å². The number of rotatable bonds is 6. The average molecular weight is 286 g/mol.